The first-order valence-corrected chi connectivity index (χ1v) is 5.80. The third-order valence-electron chi connectivity index (χ3n) is 2.78. The smallest absolute Gasteiger partial charge is 0.253 e. The lowest BCUT2D eigenvalue weighted by Crippen LogP contribution is -2.49. The molecule has 0 fully saturated rings. The molecule has 16 heavy (non-hydrogen) atoms. The van der Waals surface area contributed by atoms with Crippen molar-refractivity contribution in [2.75, 3.05) is 26.8 Å². The summed E-state index contributed by atoms with van der Waals surface area (Å²) in [6.45, 7) is 4.51. The van der Waals surface area contributed by atoms with Crippen molar-refractivity contribution in [1.29, 1.82) is 0 Å². The number of amides is 1. The Morgan fingerprint density at radius 1 is 1.44 bits per heavy atom. The number of carbonyl (C=O) groups is 1. The molecule has 0 saturated heterocycles. The highest BCUT2D eigenvalue weighted by molar-refractivity contribution is 5.81. The Bertz CT molecular complexity index is 192. The fourth-order valence-corrected chi connectivity index (χ4v) is 1.79. The van der Waals surface area contributed by atoms with E-state index in [1.165, 1.54) is 7.11 Å². The van der Waals surface area contributed by atoms with Gasteiger partial charge in [-0.25, -0.2) is 0 Å². The summed E-state index contributed by atoms with van der Waals surface area (Å²) >= 11 is 0. The zero-order chi connectivity index (χ0) is 12.6. The summed E-state index contributed by atoms with van der Waals surface area (Å²) in [6, 6.07) is 0.142. The van der Waals surface area contributed by atoms with E-state index in [1.807, 2.05) is 13.8 Å². The predicted molar refractivity (Wildman–Crippen MR) is 63.0 cm³/mol. The van der Waals surface area contributed by atoms with Gasteiger partial charge in [-0.15, -0.1) is 0 Å². The minimum Gasteiger partial charge on any atom is -0.395 e. The summed E-state index contributed by atoms with van der Waals surface area (Å²) in [5.41, 5.74) is 5.47. The SMILES string of the molecule is CCC(CC)N(CCO)C(=O)C(CN)OC. The molecule has 0 rings (SSSR count). The van der Waals surface area contributed by atoms with Gasteiger partial charge < -0.3 is 20.5 Å². The Kier molecular flexibility index (Phi) is 8.15. The van der Waals surface area contributed by atoms with Crippen LogP contribution in [0.4, 0.5) is 0 Å². The number of nitrogens with zero attached hydrogens (tertiary/aromatic N) is 1. The average Bonchev–Trinajstić information content (AvgIpc) is 2.30. The highest BCUT2D eigenvalue weighted by atomic mass is 16.5. The van der Waals surface area contributed by atoms with E-state index in [0.29, 0.717) is 6.54 Å². The molecule has 1 amide bonds. The molecule has 5 nitrogen and oxygen atoms in total. The monoisotopic (exact) mass is 232 g/mol. The number of hydrogen-bond donors (Lipinski definition) is 2. The molecule has 0 saturated carbocycles. The molecule has 0 aliphatic rings. The van der Waals surface area contributed by atoms with Crippen molar-refractivity contribution < 1.29 is 14.6 Å². The lowest BCUT2D eigenvalue weighted by atomic mass is 10.1. The van der Waals surface area contributed by atoms with E-state index in [0.717, 1.165) is 12.8 Å². The number of aliphatic hydroxyl groups is 1. The van der Waals surface area contributed by atoms with Crippen molar-refractivity contribution >= 4 is 5.91 Å². The molecule has 0 aromatic rings. The van der Waals surface area contributed by atoms with Gasteiger partial charge in [0.2, 0.25) is 0 Å². The standard InChI is InChI=1S/C11H24N2O3/c1-4-9(5-2)13(6-7-14)11(15)10(8-12)16-3/h9-10,14H,4-8,12H2,1-3H3. The van der Waals surface area contributed by atoms with Gasteiger partial charge >= 0.3 is 0 Å². The van der Waals surface area contributed by atoms with Gasteiger partial charge in [-0.2, -0.15) is 0 Å². The Hall–Kier alpha value is -0.650. The molecular formula is C11H24N2O3. The van der Waals surface area contributed by atoms with Crippen molar-refractivity contribution in [1.82, 2.24) is 4.90 Å². The van der Waals surface area contributed by atoms with Crippen LogP contribution >= 0.6 is 0 Å². The van der Waals surface area contributed by atoms with Crippen molar-refractivity contribution in [3.05, 3.63) is 0 Å². The van der Waals surface area contributed by atoms with Crippen molar-refractivity contribution in [2.24, 2.45) is 5.73 Å². The van der Waals surface area contributed by atoms with Crippen LogP contribution in [-0.4, -0.2) is 54.9 Å². The molecule has 96 valence electrons. The second-order valence-electron chi connectivity index (χ2n) is 3.69. The molecule has 0 aliphatic carbocycles. The number of aliphatic hydroxyl groups excluding tert-OH is 1. The van der Waals surface area contributed by atoms with Crippen LogP contribution in [0.25, 0.3) is 0 Å². The fourth-order valence-electron chi connectivity index (χ4n) is 1.79. The van der Waals surface area contributed by atoms with E-state index in [2.05, 4.69) is 0 Å². The zero-order valence-electron chi connectivity index (χ0n) is 10.5. The third kappa shape index (κ3) is 4.08. The zero-order valence-corrected chi connectivity index (χ0v) is 10.5. The summed E-state index contributed by atoms with van der Waals surface area (Å²) in [5.74, 6) is -0.132. The molecule has 3 N–H and O–H groups in total. The first-order chi connectivity index (χ1) is 7.65. The van der Waals surface area contributed by atoms with Crippen LogP contribution < -0.4 is 5.73 Å². The first kappa shape index (κ1) is 15.3. The number of carbonyl (C=O) groups excluding carboxylic acids is 1. The van der Waals surface area contributed by atoms with Crippen LogP contribution in [0.15, 0.2) is 0 Å². The van der Waals surface area contributed by atoms with Crippen molar-refractivity contribution in [3.63, 3.8) is 0 Å². The van der Waals surface area contributed by atoms with Crippen LogP contribution in [-0.2, 0) is 9.53 Å². The summed E-state index contributed by atoms with van der Waals surface area (Å²) < 4.78 is 5.03. The van der Waals surface area contributed by atoms with E-state index in [1.54, 1.807) is 4.90 Å². The maximum Gasteiger partial charge on any atom is 0.253 e. The molecular weight excluding hydrogens is 208 g/mol. The molecule has 0 bridgehead atoms. The van der Waals surface area contributed by atoms with Gasteiger partial charge in [0.1, 0.15) is 6.10 Å². The number of rotatable bonds is 8. The van der Waals surface area contributed by atoms with E-state index in [-0.39, 0.29) is 25.1 Å². The summed E-state index contributed by atoms with van der Waals surface area (Å²) in [5, 5.41) is 8.99. The largest absolute Gasteiger partial charge is 0.395 e. The number of ether oxygens (including phenoxy) is 1. The second kappa shape index (κ2) is 8.50. The van der Waals surface area contributed by atoms with Crippen molar-refractivity contribution in [2.45, 2.75) is 38.8 Å². The normalized spacial score (nSPS) is 12.9. The van der Waals surface area contributed by atoms with E-state index < -0.39 is 6.10 Å². The lowest BCUT2D eigenvalue weighted by Gasteiger charge is -2.32. The molecule has 0 spiro atoms. The topological polar surface area (TPSA) is 75.8 Å². The molecule has 0 heterocycles. The Balaban J connectivity index is 4.67. The first-order valence-electron chi connectivity index (χ1n) is 5.80. The van der Waals surface area contributed by atoms with Gasteiger partial charge in [-0.05, 0) is 12.8 Å². The minimum absolute atomic E-state index is 0.0384. The Morgan fingerprint density at radius 3 is 2.31 bits per heavy atom. The van der Waals surface area contributed by atoms with Crippen LogP contribution in [0.1, 0.15) is 26.7 Å². The molecule has 1 unspecified atom stereocenters. The van der Waals surface area contributed by atoms with Gasteiger partial charge in [0.25, 0.3) is 5.91 Å². The second-order valence-corrected chi connectivity index (χ2v) is 3.69. The third-order valence-corrected chi connectivity index (χ3v) is 2.78. The Labute approximate surface area is 97.6 Å². The van der Waals surface area contributed by atoms with E-state index in [9.17, 15) is 4.79 Å². The number of methoxy groups -OCH3 is 1. The number of hydrogen-bond acceptors (Lipinski definition) is 4. The average molecular weight is 232 g/mol. The van der Waals surface area contributed by atoms with Crippen LogP contribution in [0.2, 0.25) is 0 Å². The molecule has 5 heteroatoms. The van der Waals surface area contributed by atoms with Crippen molar-refractivity contribution in [3.8, 4) is 0 Å². The minimum atomic E-state index is -0.604. The predicted octanol–water partition coefficient (Wildman–Crippen LogP) is -0.0304. The van der Waals surface area contributed by atoms with Crippen LogP contribution in [0.5, 0.6) is 0 Å². The fraction of sp³-hybridized carbons (Fsp3) is 0.909. The Morgan fingerprint density at radius 2 is 2.00 bits per heavy atom. The van der Waals surface area contributed by atoms with Gasteiger partial charge in [0, 0.05) is 26.2 Å². The maximum atomic E-state index is 12.1. The van der Waals surface area contributed by atoms with Crippen LogP contribution in [0, 0.1) is 0 Å². The van der Waals surface area contributed by atoms with Gasteiger partial charge in [-0.3, -0.25) is 4.79 Å². The molecule has 0 radical (unpaired) electrons. The van der Waals surface area contributed by atoms with E-state index in [4.69, 9.17) is 15.6 Å². The highest BCUT2D eigenvalue weighted by Gasteiger charge is 2.26. The highest BCUT2D eigenvalue weighted by Crippen LogP contribution is 2.10. The summed E-state index contributed by atoms with van der Waals surface area (Å²) in [4.78, 5) is 13.7. The summed E-state index contributed by atoms with van der Waals surface area (Å²) in [7, 11) is 1.47. The molecule has 0 aliphatic heterocycles. The van der Waals surface area contributed by atoms with Gasteiger partial charge in [0.15, 0.2) is 0 Å². The van der Waals surface area contributed by atoms with Crippen LogP contribution in [0.3, 0.4) is 0 Å². The maximum absolute atomic E-state index is 12.1. The van der Waals surface area contributed by atoms with Gasteiger partial charge in [-0.1, -0.05) is 13.8 Å². The van der Waals surface area contributed by atoms with E-state index >= 15 is 0 Å². The quantitative estimate of drug-likeness (QED) is 0.616. The van der Waals surface area contributed by atoms with Gasteiger partial charge in [0.05, 0.1) is 6.61 Å². The number of nitrogens with two attached hydrogens (primary N) is 1. The molecule has 1 atom stereocenters. The summed E-state index contributed by atoms with van der Waals surface area (Å²) in [6.07, 6.45) is 1.12. The molecule has 0 aromatic carbocycles. The lowest BCUT2D eigenvalue weighted by molar-refractivity contribution is -0.144. The molecule has 0 aromatic heterocycles.